The van der Waals surface area contributed by atoms with E-state index in [9.17, 15) is 0 Å². The molecule has 1 heterocycles. The molecule has 0 bridgehead atoms. The van der Waals surface area contributed by atoms with Crippen LogP contribution in [0, 0.1) is 11.8 Å². The quantitative estimate of drug-likeness (QED) is 0.477. The standard InChI is InChI=1S/C19H25NO2.Ni/c1-5-15(21-4)10-12-20-19-16(14(2)3)11-13-22-18-9-7-6-8-17(18)19;/h5-10,14,16,19-20H,1,11,13H2,2-4H3;/b15-10+;/t16-,19+;/m1./s1. The zero-order chi connectivity index (χ0) is 16.8. The summed E-state index contributed by atoms with van der Waals surface area (Å²) in [6, 6.07) is 8.34. The number of ether oxygens (including phenoxy) is 2. The molecule has 0 fully saturated rings. The molecule has 0 radical (unpaired) electrons. The van der Waals surface area contributed by atoms with Gasteiger partial charge in [-0.05, 0) is 0 Å². The van der Waals surface area contributed by atoms with Gasteiger partial charge < -0.3 is 0 Å². The fraction of sp³-hybridized carbons (Fsp3) is 0.421. The first-order valence-electron chi connectivity index (χ1n) is 7.92. The molecule has 0 aromatic heterocycles. The minimum absolute atomic E-state index is 0.136. The van der Waals surface area contributed by atoms with Gasteiger partial charge in [0.05, 0.1) is 0 Å². The first-order valence-corrected chi connectivity index (χ1v) is 8.42. The van der Waals surface area contributed by atoms with Gasteiger partial charge in [0.25, 0.3) is 0 Å². The van der Waals surface area contributed by atoms with Crippen LogP contribution in [0.1, 0.15) is 31.9 Å². The van der Waals surface area contributed by atoms with Crippen molar-refractivity contribution in [2.45, 2.75) is 26.3 Å². The molecule has 128 valence electrons. The number of rotatable bonds is 6. The first-order chi connectivity index (χ1) is 11.1. The molecule has 1 N–H and O–H groups in total. The number of fused-ring (bicyclic) bond motifs is 1. The Kier molecular flexibility index (Phi) is 6.62. The van der Waals surface area contributed by atoms with Crippen LogP contribution in [0.4, 0.5) is 0 Å². The molecule has 0 aliphatic carbocycles. The third-order valence-electron chi connectivity index (χ3n) is 4.23. The number of allylic oxidation sites excluding steroid dienone is 1. The van der Waals surface area contributed by atoms with E-state index in [-0.39, 0.29) is 6.04 Å². The summed E-state index contributed by atoms with van der Waals surface area (Å²) in [6.07, 6.45) is 4.48. The number of para-hydroxylation sites is 1. The summed E-state index contributed by atoms with van der Waals surface area (Å²) < 4.78 is 11.8. The Balaban J connectivity index is 2.32. The van der Waals surface area contributed by atoms with Crippen LogP contribution in [0.25, 0.3) is 0 Å². The summed E-state index contributed by atoms with van der Waals surface area (Å²) in [4.78, 5) is 0. The van der Waals surface area contributed by atoms with Crippen molar-refractivity contribution in [3.05, 3.63) is 54.3 Å². The third kappa shape index (κ3) is 4.56. The molecule has 2 rings (SSSR count). The second-order valence-corrected chi connectivity index (χ2v) is 6.51. The zero-order valence-electron chi connectivity index (χ0n) is 14.0. The van der Waals surface area contributed by atoms with Gasteiger partial charge in [-0.3, -0.25) is 0 Å². The van der Waals surface area contributed by atoms with E-state index in [4.69, 9.17) is 24.5 Å². The predicted octanol–water partition coefficient (Wildman–Crippen LogP) is 3.77. The Hall–Kier alpha value is -1.38. The topological polar surface area (TPSA) is 30.5 Å². The molecule has 23 heavy (non-hydrogen) atoms. The van der Waals surface area contributed by atoms with E-state index in [2.05, 4.69) is 31.8 Å². The number of methoxy groups -OCH3 is 1. The molecule has 0 amide bonds. The van der Waals surface area contributed by atoms with Gasteiger partial charge in [-0.2, -0.15) is 0 Å². The second-order valence-electron chi connectivity index (χ2n) is 5.97. The van der Waals surface area contributed by atoms with E-state index in [0.717, 1.165) is 18.8 Å². The van der Waals surface area contributed by atoms with Crippen LogP contribution in [0.15, 0.2) is 48.8 Å². The normalized spacial score (nSPS) is 21.2. The van der Waals surface area contributed by atoms with Crippen molar-refractivity contribution < 1.29 is 24.5 Å². The maximum absolute atomic E-state index is 5.93. The molecule has 0 spiro atoms. The van der Waals surface area contributed by atoms with Crippen molar-refractivity contribution in [2.24, 2.45) is 11.8 Å². The Morgan fingerprint density at radius 3 is 2.83 bits per heavy atom. The molecule has 0 unspecified atom stereocenters. The SMILES string of the molecule is C=C/C(=C\[C](=[Ni])N[C@@H]1c2ccccc2OCC[C@@H]1C(C)C)OC. The molecule has 1 aromatic rings. The summed E-state index contributed by atoms with van der Waals surface area (Å²) in [7, 11) is 1.62. The molecule has 4 heteroatoms. The Morgan fingerprint density at radius 2 is 2.17 bits per heavy atom. The summed E-state index contributed by atoms with van der Waals surface area (Å²) >= 11 is 5.16. The van der Waals surface area contributed by atoms with Crippen molar-refractivity contribution in [1.82, 2.24) is 5.32 Å². The van der Waals surface area contributed by atoms with E-state index < -0.39 is 0 Å². The molecule has 1 aliphatic heterocycles. The molecule has 1 aliphatic rings. The van der Waals surface area contributed by atoms with Gasteiger partial charge in [0.2, 0.25) is 0 Å². The Labute approximate surface area is 146 Å². The van der Waals surface area contributed by atoms with Gasteiger partial charge in [0.15, 0.2) is 0 Å². The average molecular weight is 358 g/mol. The van der Waals surface area contributed by atoms with Crippen LogP contribution in [0.5, 0.6) is 5.75 Å². The average Bonchev–Trinajstić information content (AvgIpc) is 2.72. The summed E-state index contributed by atoms with van der Waals surface area (Å²) in [5.41, 5.74) is 1.17. The van der Waals surface area contributed by atoms with Crippen LogP contribution < -0.4 is 10.1 Å². The van der Waals surface area contributed by atoms with E-state index >= 15 is 0 Å². The molecule has 1 aromatic carbocycles. The fourth-order valence-corrected chi connectivity index (χ4v) is 3.27. The van der Waals surface area contributed by atoms with Crippen LogP contribution in [-0.4, -0.2) is 18.3 Å². The number of nitrogens with one attached hydrogen (secondary N) is 1. The van der Waals surface area contributed by atoms with Crippen molar-refractivity contribution in [3.8, 4) is 5.75 Å². The van der Waals surface area contributed by atoms with E-state index in [1.165, 1.54) is 5.56 Å². The molecule has 0 saturated heterocycles. The van der Waals surface area contributed by atoms with E-state index in [1.54, 1.807) is 13.2 Å². The van der Waals surface area contributed by atoms with Crippen molar-refractivity contribution in [3.63, 3.8) is 0 Å². The van der Waals surface area contributed by atoms with Gasteiger partial charge >= 0.3 is 146 Å². The summed E-state index contributed by atoms with van der Waals surface area (Å²) in [6.45, 7) is 8.97. The molecular weight excluding hydrogens is 333 g/mol. The molecule has 0 saturated carbocycles. The van der Waals surface area contributed by atoms with Gasteiger partial charge in [-0.25, -0.2) is 0 Å². The zero-order valence-corrected chi connectivity index (χ0v) is 14.9. The predicted molar refractivity (Wildman–Crippen MR) is 91.1 cm³/mol. The van der Waals surface area contributed by atoms with E-state index in [1.807, 2.05) is 24.3 Å². The van der Waals surface area contributed by atoms with Gasteiger partial charge in [0, 0.05) is 0 Å². The van der Waals surface area contributed by atoms with E-state index in [0.29, 0.717) is 22.2 Å². The monoisotopic (exact) mass is 357 g/mol. The van der Waals surface area contributed by atoms with Crippen molar-refractivity contribution in [1.29, 1.82) is 0 Å². The van der Waals surface area contributed by atoms with Crippen molar-refractivity contribution >= 4 is 4.61 Å². The van der Waals surface area contributed by atoms with Gasteiger partial charge in [-0.15, -0.1) is 0 Å². The number of hydrogen-bond donors (Lipinski definition) is 1. The molecule has 3 nitrogen and oxygen atoms in total. The van der Waals surface area contributed by atoms with Crippen molar-refractivity contribution in [2.75, 3.05) is 13.7 Å². The summed E-state index contributed by atoms with van der Waals surface area (Å²) in [5.74, 6) is 2.59. The fourth-order valence-electron chi connectivity index (χ4n) is 2.97. The molecule has 2 atom stereocenters. The summed E-state index contributed by atoms with van der Waals surface area (Å²) in [5, 5.41) is 3.51. The second kappa shape index (κ2) is 8.47. The van der Waals surface area contributed by atoms with Gasteiger partial charge in [-0.1, -0.05) is 0 Å². The molecular formula is C19H25NNiO2. The minimum atomic E-state index is 0.136. The Morgan fingerprint density at radius 1 is 1.43 bits per heavy atom. The van der Waals surface area contributed by atoms with Crippen LogP contribution >= 0.6 is 0 Å². The Bertz CT molecular complexity index is 595. The van der Waals surface area contributed by atoms with Crippen LogP contribution in [0.2, 0.25) is 0 Å². The van der Waals surface area contributed by atoms with Crippen LogP contribution in [0.3, 0.4) is 0 Å². The maximum atomic E-state index is 5.93. The van der Waals surface area contributed by atoms with Gasteiger partial charge in [0.1, 0.15) is 0 Å². The number of hydrogen-bond acceptors (Lipinski definition) is 3. The van der Waals surface area contributed by atoms with Crippen LogP contribution in [-0.2, 0) is 19.8 Å². The first kappa shape index (κ1) is 18.0. The third-order valence-corrected chi connectivity index (χ3v) is 4.51. The number of benzene rings is 1.